The molecule has 1 amide bonds. The summed E-state index contributed by atoms with van der Waals surface area (Å²) in [6.07, 6.45) is 1.05. The van der Waals surface area contributed by atoms with E-state index in [1.807, 2.05) is 80.6 Å². The molecule has 0 unspecified atom stereocenters. The maximum absolute atomic E-state index is 12.5. The van der Waals surface area contributed by atoms with Crippen molar-refractivity contribution in [1.82, 2.24) is 10.0 Å². The first-order chi connectivity index (χ1) is 17.1. The zero-order valence-corrected chi connectivity index (χ0v) is 21.7. The van der Waals surface area contributed by atoms with E-state index in [-0.39, 0.29) is 0 Å². The topological polar surface area (TPSA) is 105 Å². The van der Waals surface area contributed by atoms with Gasteiger partial charge in [-0.25, -0.2) is 13.1 Å². The molecule has 36 heavy (non-hydrogen) atoms. The van der Waals surface area contributed by atoms with Gasteiger partial charge >= 0.3 is 0 Å². The summed E-state index contributed by atoms with van der Waals surface area (Å²) in [5.74, 6) is 0.410. The van der Waals surface area contributed by atoms with E-state index in [2.05, 4.69) is 10.0 Å². The van der Waals surface area contributed by atoms with E-state index in [1.54, 1.807) is 6.07 Å². The summed E-state index contributed by atoms with van der Waals surface area (Å²) < 4.78 is 30.9. The Bertz CT molecular complexity index is 1240. The van der Waals surface area contributed by atoms with Gasteiger partial charge in [0.2, 0.25) is 10.0 Å². The van der Waals surface area contributed by atoms with Crippen LogP contribution in [0.2, 0.25) is 0 Å². The van der Waals surface area contributed by atoms with Gasteiger partial charge in [-0.3, -0.25) is 4.79 Å². The first-order valence-corrected chi connectivity index (χ1v) is 13.8. The van der Waals surface area contributed by atoms with Crippen LogP contribution in [0.15, 0.2) is 72.8 Å². The van der Waals surface area contributed by atoms with Crippen LogP contribution >= 0.6 is 0 Å². The molecule has 0 bridgehead atoms. The summed E-state index contributed by atoms with van der Waals surface area (Å²) in [5, 5.41) is 13.4. The predicted octanol–water partition coefficient (Wildman–Crippen LogP) is 3.94. The van der Waals surface area contributed by atoms with Crippen molar-refractivity contribution < 1.29 is 23.1 Å². The standard InChI is InChI=1S/C28H34N2O5S/c1-20(2)17-24-18-23(11-14-26(24)28(32)30-36(3,33)34)21-9-12-25(13-10-21)35-16-15-29-19-27(31)22-7-5-4-6-8-22/h4-14,18,20,27,29,31H,15-17,19H2,1-3H3,(H,30,32)/t27-/m1/s1. The fourth-order valence-corrected chi connectivity index (χ4v) is 4.29. The highest BCUT2D eigenvalue weighted by Gasteiger charge is 2.17. The van der Waals surface area contributed by atoms with Crippen LogP contribution < -0.4 is 14.8 Å². The number of aliphatic hydroxyl groups is 1. The Kier molecular flexibility index (Phi) is 9.64. The fourth-order valence-electron chi connectivity index (χ4n) is 3.84. The van der Waals surface area contributed by atoms with E-state index in [9.17, 15) is 18.3 Å². The number of hydrogen-bond acceptors (Lipinski definition) is 6. The SMILES string of the molecule is CC(C)Cc1cc(-c2ccc(OCCNC[C@@H](O)c3ccccc3)cc2)ccc1C(=O)NS(C)(=O)=O. The van der Waals surface area contributed by atoms with Gasteiger partial charge in [-0.1, -0.05) is 68.4 Å². The molecule has 0 spiro atoms. The van der Waals surface area contributed by atoms with Crippen molar-refractivity contribution in [1.29, 1.82) is 0 Å². The van der Waals surface area contributed by atoms with Crippen LogP contribution in [0.25, 0.3) is 11.1 Å². The fraction of sp³-hybridized carbons (Fsp3) is 0.321. The van der Waals surface area contributed by atoms with Gasteiger partial charge in [0.05, 0.1) is 12.4 Å². The van der Waals surface area contributed by atoms with E-state index in [4.69, 9.17) is 4.74 Å². The van der Waals surface area contributed by atoms with Crippen molar-refractivity contribution in [3.63, 3.8) is 0 Å². The molecule has 1 atom stereocenters. The molecule has 0 saturated carbocycles. The van der Waals surface area contributed by atoms with Crippen molar-refractivity contribution in [3.8, 4) is 16.9 Å². The zero-order chi connectivity index (χ0) is 26.1. The predicted molar refractivity (Wildman–Crippen MR) is 142 cm³/mol. The largest absolute Gasteiger partial charge is 0.492 e. The average Bonchev–Trinajstić information content (AvgIpc) is 2.83. The van der Waals surface area contributed by atoms with Crippen molar-refractivity contribution in [2.75, 3.05) is 26.0 Å². The molecule has 3 aromatic carbocycles. The van der Waals surface area contributed by atoms with Crippen LogP contribution in [0, 0.1) is 5.92 Å². The first-order valence-electron chi connectivity index (χ1n) is 11.9. The van der Waals surface area contributed by atoms with E-state index in [1.165, 1.54) is 0 Å². The summed E-state index contributed by atoms with van der Waals surface area (Å²) in [7, 11) is -3.64. The van der Waals surface area contributed by atoms with Gasteiger partial charge in [-0.2, -0.15) is 0 Å². The molecule has 7 nitrogen and oxygen atoms in total. The second-order valence-corrected chi connectivity index (χ2v) is 10.9. The third kappa shape index (κ3) is 8.48. The molecule has 8 heteroatoms. The Morgan fingerprint density at radius 2 is 1.64 bits per heavy atom. The molecule has 0 aliphatic carbocycles. The number of hydrogen-bond donors (Lipinski definition) is 3. The van der Waals surface area contributed by atoms with Gasteiger partial charge < -0.3 is 15.2 Å². The van der Waals surface area contributed by atoms with Gasteiger partial charge in [0.15, 0.2) is 0 Å². The Morgan fingerprint density at radius 1 is 0.972 bits per heavy atom. The Morgan fingerprint density at radius 3 is 2.28 bits per heavy atom. The highest BCUT2D eigenvalue weighted by atomic mass is 32.2. The second kappa shape index (κ2) is 12.7. The summed E-state index contributed by atoms with van der Waals surface area (Å²) in [6, 6.07) is 22.6. The number of benzene rings is 3. The van der Waals surface area contributed by atoms with E-state index < -0.39 is 22.0 Å². The quantitative estimate of drug-likeness (QED) is 0.319. The van der Waals surface area contributed by atoms with Gasteiger partial charge in [0, 0.05) is 18.7 Å². The summed E-state index contributed by atoms with van der Waals surface area (Å²) >= 11 is 0. The Balaban J connectivity index is 1.58. The average molecular weight is 511 g/mol. The molecule has 192 valence electrons. The molecule has 0 aliphatic rings. The number of rotatable bonds is 12. The smallest absolute Gasteiger partial charge is 0.264 e. The van der Waals surface area contributed by atoms with Crippen molar-refractivity contribution in [3.05, 3.63) is 89.5 Å². The zero-order valence-electron chi connectivity index (χ0n) is 20.9. The third-order valence-electron chi connectivity index (χ3n) is 5.51. The molecule has 3 aromatic rings. The molecular weight excluding hydrogens is 476 g/mol. The van der Waals surface area contributed by atoms with Crippen LogP contribution in [-0.2, 0) is 16.4 Å². The molecule has 0 aromatic heterocycles. The van der Waals surface area contributed by atoms with Crippen LogP contribution in [0.1, 0.15) is 41.4 Å². The van der Waals surface area contributed by atoms with Gasteiger partial charge in [-0.15, -0.1) is 0 Å². The molecule has 0 fully saturated rings. The van der Waals surface area contributed by atoms with Gasteiger partial charge in [0.25, 0.3) is 5.91 Å². The van der Waals surface area contributed by atoms with Crippen molar-refractivity contribution in [2.24, 2.45) is 5.92 Å². The van der Waals surface area contributed by atoms with Gasteiger partial charge in [0.1, 0.15) is 12.4 Å². The lowest BCUT2D eigenvalue weighted by Gasteiger charge is -2.14. The summed E-state index contributed by atoms with van der Waals surface area (Å²) in [6.45, 7) is 5.61. The molecule has 0 saturated heterocycles. The summed E-state index contributed by atoms with van der Waals surface area (Å²) in [5.41, 5.74) is 3.94. The van der Waals surface area contributed by atoms with Crippen molar-refractivity contribution >= 4 is 15.9 Å². The van der Waals surface area contributed by atoms with Gasteiger partial charge in [-0.05, 0) is 52.8 Å². The minimum absolute atomic E-state index is 0.295. The normalized spacial score (nSPS) is 12.4. The van der Waals surface area contributed by atoms with E-state index in [0.717, 1.165) is 34.3 Å². The number of sulfonamides is 1. The molecule has 3 N–H and O–H groups in total. The molecule has 0 heterocycles. The third-order valence-corrected chi connectivity index (χ3v) is 6.07. The number of ether oxygens (including phenoxy) is 1. The minimum Gasteiger partial charge on any atom is -0.492 e. The van der Waals surface area contributed by atoms with E-state index >= 15 is 0 Å². The molecule has 0 aliphatic heterocycles. The number of carbonyl (C=O) groups is 1. The molecule has 0 radical (unpaired) electrons. The van der Waals surface area contributed by atoms with Crippen LogP contribution in [0.3, 0.4) is 0 Å². The highest BCUT2D eigenvalue weighted by Crippen LogP contribution is 2.26. The molecule has 3 rings (SSSR count). The summed E-state index contributed by atoms with van der Waals surface area (Å²) in [4.78, 5) is 12.5. The van der Waals surface area contributed by atoms with Crippen LogP contribution in [0.5, 0.6) is 5.75 Å². The van der Waals surface area contributed by atoms with Crippen molar-refractivity contribution in [2.45, 2.75) is 26.4 Å². The number of carbonyl (C=O) groups excluding carboxylic acids is 1. The number of nitrogens with one attached hydrogen (secondary N) is 2. The maximum atomic E-state index is 12.5. The monoisotopic (exact) mass is 510 g/mol. The number of aliphatic hydroxyl groups excluding tert-OH is 1. The lowest BCUT2D eigenvalue weighted by Crippen LogP contribution is -2.30. The molecular formula is C28H34N2O5S. The highest BCUT2D eigenvalue weighted by molar-refractivity contribution is 7.89. The minimum atomic E-state index is -3.64. The first kappa shape index (κ1) is 27.4. The Labute approximate surface area is 213 Å². The Hall–Kier alpha value is -3.20. The lowest BCUT2D eigenvalue weighted by molar-refractivity contribution is 0.0980. The van der Waals surface area contributed by atoms with E-state index in [0.29, 0.717) is 37.6 Å². The maximum Gasteiger partial charge on any atom is 0.264 e. The second-order valence-electron chi connectivity index (χ2n) is 9.18. The van der Waals surface area contributed by atoms with Crippen LogP contribution in [0.4, 0.5) is 0 Å². The number of amides is 1. The van der Waals surface area contributed by atoms with Crippen LogP contribution in [-0.4, -0.2) is 45.4 Å². The lowest BCUT2D eigenvalue weighted by atomic mass is 9.93.